The van der Waals surface area contributed by atoms with E-state index in [1.54, 1.807) is 12.1 Å². The van der Waals surface area contributed by atoms with Crippen LogP contribution in [-0.2, 0) is 10.2 Å². The largest absolute Gasteiger partial charge is 0.296 e. The summed E-state index contributed by atoms with van der Waals surface area (Å²) in [7, 11) is -3.85. The third-order valence-electron chi connectivity index (χ3n) is 1.78. The Bertz CT molecular complexity index is 556. The van der Waals surface area contributed by atoms with Gasteiger partial charge >= 0.3 is 0 Å². The Morgan fingerprint density at radius 2 is 2.19 bits per heavy atom. The molecule has 0 saturated carbocycles. The number of hydrogen-bond donors (Lipinski definition) is 2. The fourth-order valence-electron chi connectivity index (χ4n) is 1.19. The van der Waals surface area contributed by atoms with E-state index in [0.29, 0.717) is 0 Å². The first-order valence-electron chi connectivity index (χ1n) is 4.43. The average molecular weight is 237 g/mol. The summed E-state index contributed by atoms with van der Waals surface area (Å²) in [5, 5.41) is 13.7. The van der Waals surface area contributed by atoms with Crippen molar-refractivity contribution >= 4 is 22.0 Å². The third-order valence-corrected chi connectivity index (χ3v) is 2.28. The van der Waals surface area contributed by atoms with E-state index in [4.69, 9.17) is 10.4 Å². The number of rotatable bonds is 3. The topological polar surface area (TPSA) is 96.0 Å². The van der Waals surface area contributed by atoms with E-state index in [9.17, 15) is 8.42 Å². The number of nitriles is 1. The minimum absolute atomic E-state index is 0.179. The zero-order valence-corrected chi connectivity index (χ0v) is 9.45. The second kappa shape index (κ2) is 4.79. The molecule has 0 spiro atoms. The van der Waals surface area contributed by atoms with Crippen molar-refractivity contribution in [3.63, 3.8) is 0 Å². The van der Waals surface area contributed by atoms with Gasteiger partial charge < -0.3 is 0 Å². The lowest BCUT2D eigenvalue weighted by Crippen LogP contribution is -2.22. The molecule has 0 heterocycles. The van der Waals surface area contributed by atoms with Gasteiger partial charge in [0.1, 0.15) is 6.07 Å². The molecule has 1 rings (SSSR count). The molecule has 0 bridgehead atoms. The smallest absolute Gasteiger partial charge is 0.270 e. The van der Waals surface area contributed by atoms with Gasteiger partial charge in [-0.3, -0.25) is 4.72 Å². The van der Waals surface area contributed by atoms with Crippen LogP contribution in [0.5, 0.6) is 0 Å². The van der Waals surface area contributed by atoms with E-state index in [0.717, 1.165) is 5.56 Å². The van der Waals surface area contributed by atoms with Crippen molar-refractivity contribution in [1.82, 2.24) is 0 Å². The molecule has 1 aromatic carbocycles. The molecule has 16 heavy (non-hydrogen) atoms. The van der Waals surface area contributed by atoms with Crippen molar-refractivity contribution in [1.29, 1.82) is 5.26 Å². The van der Waals surface area contributed by atoms with Gasteiger partial charge in [0.15, 0.2) is 0 Å². The highest BCUT2D eigenvalue weighted by molar-refractivity contribution is 7.90. The number of allylic oxidation sites excluding steroid dienone is 1. The first kappa shape index (κ1) is 12.2. The molecule has 0 unspecified atom stereocenters. The van der Waals surface area contributed by atoms with Gasteiger partial charge in [0.05, 0.1) is 11.3 Å². The lowest BCUT2D eigenvalue weighted by Gasteiger charge is -2.06. The monoisotopic (exact) mass is 237 g/mol. The zero-order chi connectivity index (χ0) is 12.2. The first-order valence-corrected chi connectivity index (χ1v) is 5.98. The molecule has 0 aliphatic rings. The highest BCUT2D eigenvalue weighted by atomic mass is 32.2. The first-order chi connectivity index (χ1) is 7.46. The SMILES string of the molecule is C/C=C/c1ccc(NS(N)(=O)=O)c(C#N)c1. The van der Waals surface area contributed by atoms with Crippen molar-refractivity contribution in [3.8, 4) is 6.07 Å². The molecule has 0 aliphatic carbocycles. The Morgan fingerprint density at radius 1 is 1.50 bits per heavy atom. The van der Waals surface area contributed by atoms with Crippen molar-refractivity contribution in [2.75, 3.05) is 4.72 Å². The van der Waals surface area contributed by atoms with E-state index in [1.807, 2.05) is 25.1 Å². The van der Waals surface area contributed by atoms with E-state index < -0.39 is 10.2 Å². The predicted octanol–water partition coefficient (Wildman–Crippen LogP) is 1.21. The minimum Gasteiger partial charge on any atom is -0.270 e. The molecular formula is C10H11N3O2S. The van der Waals surface area contributed by atoms with E-state index in [-0.39, 0.29) is 11.3 Å². The zero-order valence-electron chi connectivity index (χ0n) is 8.64. The molecule has 0 fully saturated rings. The van der Waals surface area contributed by atoms with Gasteiger partial charge in [-0.1, -0.05) is 18.2 Å². The molecule has 0 aliphatic heterocycles. The van der Waals surface area contributed by atoms with Gasteiger partial charge in [-0.25, -0.2) is 5.14 Å². The molecule has 0 saturated heterocycles. The van der Waals surface area contributed by atoms with Gasteiger partial charge in [0.2, 0.25) is 0 Å². The predicted molar refractivity (Wildman–Crippen MR) is 62.6 cm³/mol. The maximum Gasteiger partial charge on any atom is 0.296 e. The van der Waals surface area contributed by atoms with Crippen LogP contribution < -0.4 is 9.86 Å². The van der Waals surface area contributed by atoms with Crippen molar-refractivity contribution < 1.29 is 8.42 Å². The quantitative estimate of drug-likeness (QED) is 0.826. The summed E-state index contributed by atoms with van der Waals surface area (Å²) in [6, 6.07) is 6.66. The Labute approximate surface area is 94.4 Å². The molecule has 1 aromatic rings. The van der Waals surface area contributed by atoms with Crippen LogP contribution in [0.3, 0.4) is 0 Å². The van der Waals surface area contributed by atoms with Crippen LogP contribution in [0.4, 0.5) is 5.69 Å². The van der Waals surface area contributed by atoms with Gasteiger partial charge in [-0.15, -0.1) is 0 Å². The third kappa shape index (κ3) is 3.38. The minimum atomic E-state index is -3.85. The van der Waals surface area contributed by atoms with Crippen LogP contribution >= 0.6 is 0 Å². The summed E-state index contributed by atoms with van der Waals surface area (Å²) < 4.78 is 23.7. The molecule has 5 nitrogen and oxygen atoms in total. The fraction of sp³-hybridized carbons (Fsp3) is 0.100. The van der Waals surface area contributed by atoms with Gasteiger partial charge in [0.25, 0.3) is 10.2 Å². The number of nitrogens with zero attached hydrogens (tertiary/aromatic N) is 1. The van der Waals surface area contributed by atoms with Gasteiger partial charge in [-0.2, -0.15) is 13.7 Å². The fourth-order valence-corrected chi connectivity index (χ4v) is 1.68. The average Bonchev–Trinajstić information content (AvgIpc) is 2.18. The number of benzene rings is 1. The highest BCUT2D eigenvalue weighted by Gasteiger charge is 2.07. The summed E-state index contributed by atoms with van der Waals surface area (Å²) in [5.74, 6) is 0. The number of anilines is 1. The lowest BCUT2D eigenvalue weighted by molar-refractivity contribution is 0.603. The van der Waals surface area contributed by atoms with Crippen molar-refractivity contribution in [2.45, 2.75) is 6.92 Å². The van der Waals surface area contributed by atoms with Crippen LogP contribution in [0.25, 0.3) is 6.08 Å². The van der Waals surface area contributed by atoms with E-state index >= 15 is 0 Å². The summed E-state index contributed by atoms with van der Waals surface area (Å²) in [5.41, 5.74) is 1.22. The van der Waals surface area contributed by atoms with Crippen LogP contribution in [-0.4, -0.2) is 8.42 Å². The summed E-state index contributed by atoms with van der Waals surface area (Å²) >= 11 is 0. The molecule has 84 valence electrons. The molecule has 3 N–H and O–H groups in total. The normalized spacial score (nSPS) is 11.3. The van der Waals surface area contributed by atoms with Crippen LogP contribution in [0.1, 0.15) is 18.1 Å². The van der Waals surface area contributed by atoms with Gasteiger partial charge in [-0.05, 0) is 24.6 Å². The molecule has 0 aromatic heterocycles. The molecular weight excluding hydrogens is 226 g/mol. The van der Waals surface area contributed by atoms with Gasteiger partial charge in [0, 0.05) is 0 Å². The summed E-state index contributed by atoms with van der Waals surface area (Å²) in [6.45, 7) is 1.85. The molecule has 0 amide bonds. The lowest BCUT2D eigenvalue weighted by atomic mass is 10.1. The Hall–Kier alpha value is -1.84. The maximum absolute atomic E-state index is 10.8. The standard InChI is InChI=1S/C10H11N3O2S/c1-2-3-8-4-5-10(9(6-8)7-11)13-16(12,14)15/h2-6,13H,1H3,(H2,12,14,15)/b3-2+. The van der Waals surface area contributed by atoms with E-state index in [2.05, 4.69) is 4.72 Å². The molecule has 0 atom stereocenters. The van der Waals surface area contributed by atoms with Crippen LogP contribution in [0, 0.1) is 11.3 Å². The Balaban J connectivity index is 3.18. The summed E-state index contributed by atoms with van der Waals surface area (Å²) in [4.78, 5) is 0. The highest BCUT2D eigenvalue weighted by Crippen LogP contribution is 2.18. The van der Waals surface area contributed by atoms with Crippen LogP contribution in [0.15, 0.2) is 24.3 Å². The number of hydrogen-bond acceptors (Lipinski definition) is 3. The van der Waals surface area contributed by atoms with Crippen molar-refractivity contribution in [2.24, 2.45) is 5.14 Å². The van der Waals surface area contributed by atoms with E-state index in [1.165, 1.54) is 6.07 Å². The second-order valence-corrected chi connectivity index (χ2v) is 4.36. The molecule has 0 radical (unpaired) electrons. The molecule has 6 heteroatoms. The van der Waals surface area contributed by atoms with Crippen LogP contribution in [0.2, 0.25) is 0 Å². The number of nitrogens with two attached hydrogens (primary N) is 1. The maximum atomic E-state index is 10.8. The number of nitrogens with one attached hydrogen (secondary N) is 1. The Kier molecular flexibility index (Phi) is 3.66. The van der Waals surface area contributed by atoms with Crippen molar-refractivity contribution in [3.05, 3.63) is 35.4 Å². The summed E-state index contributed by atoms with van der Waals surface area (Å²) in [6.07, 6.45) is 3.63. The Morgan fingerprint density at radius 3 is 2.69 bits per heavy atom. The second-order valence-electron chi connectivity index (χ2n) is 3.06.